The van der Waals surface area contributed by atoms with Crippen molar-refractivity contribution in [3.05, 3.63) is 39.9 Å². The minimum absolute atomic E-state index is 0.0115. The van der Waals surface area contributed by atoms with Crippen LogP contribution < -0.4 is 5.43 Å². The molecule has 0 aliphatic heterocycles. The summed E-state index contributed by atoms with van der Waals surface area (Å²) in [5, 5.41) is 22.6. The monoisotopic (exact) mass is 209 g/mol. The summed E-state index contributed by atoms with van der Waals surface area (Å²) in [7, 11) is 0. The quantitative estimate of drug-likeness (QED) is 0.320. The Kier molecular flexibility index (Phi) is 4.24. The largest absolute Gasteiger partial charge is 0.394 e. The summed E-state index contributed by atoms with van der Waals surface area (Å²) in [4.78, 5) is 9.89. The Bertz CT molecular complexity index is 348. The highest BCUT2D eigenvalue weighted by atomic mass is 16.6. The van der Waals surface area contributed by atoms with E-state index < -0.39 is 4.92 Å². The lowest BCUT2D eigenvalue weighted by Gasteiger charge is -1.95. The van der Waals surface area contributed by atoms with Gasteiger partial charge in [0.1, 0.15) is 0 Å². The number of nitrogens with one attached hydrogen (secondary N) is 1. The smallest absolute Gasteiger partial charge is 0.269 e. The first-order valence-electron chi connectivity index (χ1n) is 4.35. The average Bonchev–Trinajstić information content (AvgIpc) is 2.25. The van der Waals surface area contributed by atoms with E-state index >= 15 is 0 Å². The van der Waals surface area contributed by atoms with Crippen molar-refractivity contribution in [3.8, 4) is 0 Å². The number of hydrazone groups is 1. The first-order valence-corrected chi connectivity index (χ1v) is 4.35. The molecule has 0 fully saturated rings. The Balaban J connectivity index is 2.56. The molecular formula is C9H11N3O3. The fourth-order valence-electron chi connectivity index (χ4n) is 0.917. The molecule has 0 aliphatic carbocycles. The van der Waals surface area contributed by atoms with E-state index in [0.29, 0.717) is 6.54 Å². The van der Waals surface area contributed by atoms with Gasteiger partial charge in [-0.2, -0.15) is 5.10 Å². The number of rotatable bonds is 5. The Morgan fingerprint density at radius 2 is 2.13 bits per heavy atom. The second-order valence-electron chi connectivity index (χ2n) is 2.74. The van der Waals surface area contributed by atoms with Crippen LogP contribution in [-0.4, -0.2) is 29.4 Å². The second-order valence-corrected chi connectivity index (χ2v) is 2.74. The highest BCUT2D eigenvalue weighted by Gasteiger charge is 2.02. The zero-order chi connectivity index (χ0) is 11.1. The van der Waals surface area contributed by atoms with E-state index in [1.54, 1.807) is 12.1 Å². The van der Waals surface area contributed by atoms with Crippen molar-refractivity contribution in [3.63, 3.8) is 0 Å². The van der Waals surface area contributed by atoms with E-state index in [-0.39, 0.29) is 12.3 Å². The lowest BCUT2D eigenvalue weighted by molar-refractivity contribution is -0.384. The van der Waals surface area contributed by atoms with Crippen LogP contribution in [0.2, 0.25) is 0 Å². The maximum Gasteiger partial charge on any atom is 0.269 e. The van der Waals surface area contributed by atoms with Gasteiger partial charge in [-0.25, -0.2) is 0 Å². The van der Waals surface area contributed by atoms with Crippen molar-refractivity contribution in [2.75, 3.05) is 13.2 Å². The van der Waals surface area contributed by atoms with Crippen molar-refractivity contribution in [2.24, 2.45) is 5.10 Å². The molecule has 0 amide bonds. The molecule has 0 saturated carbocycles. The fraction of sp³-hybridized carbons (Fsp3) is 0.222. The van der Waals surface area contributed by atoms with Crippen molar-refractivity contribution >= 4 is 11.9 Å². The number of hydrogen-bond donors (Lipinski definition) is 2. The van der Waals surface area contributed by atoms with Crippen LogP contribution in [-0.2, 0) is 0 Å². The van der Waals surface area contributed by atoms with Crippen LogP contribution in [0.5, 0.6) is 0 Å². The predicted molar refractivity (Wildman–Crippen MR) is 55.8 cm³/mol. The van der Waals surface area contributed by atoms with E-state index in [1.165, 1.54) is 18.3 Å². The van der Waals surface area contributed by atoms with Crippen LogP contribution in [0.15, 0.2) is 29.4 Å². The van der Waals surface area contributed by atoms with Crippen LogP contribution in [0.1, 0.15) is 5.56 Å². The predicted octanol–water partition coefficient (Wildman–Crippen LogP) is 0.511. The molecule has 0 spiro atoms. The standard InChI is InChI=1S/C9H11N3O3/c13-6-5-10-11-7-8-1-3-9(4-2-8)12(14)15/h1-4,7,10,13H,5-6H2. The Hall–Kier alpha value is -1.95. The first kappa shape index (κ1) is 11.1. The van der Waals surface area contributed by atoms with Gasteiger partial charge in [-0.1, -0.05) is 0 Å². The first-order chi connectivity index (χ1) is 7.24. The number of hydrogen-bond acceptors (Lipinski definition) is 5. The van der Waals surface area contributed by atoms with Gasteiger partial charge in [-0.3, -0.25) is 10.1 Å². The molecule has 15 heavy (non-hydrogen) atoms. The molecule has 0 unspecified atom stereocenters. The molecule has 0 atom stereocenters. The molecule has 0 bridgehead atoms. The lowest BCUT2D eigenvalue weighted by atomic mass is 10.2. The molecule has 1 aromatic carbocycles. The molecule has 0 saturated heterocycles. The van der Waals surface area contributed by atoms with Crippen LogP contribution in [0.3, 0.4) is 0 Å². The normalized spacial score (nSPS) is 10.5. The number of aliphatic hydroxyl groups excluding tert-OH is 1. The third kappa shape index (κ3) is 3.74. The van der Waals surface area contributed by atoms with E-state index in [4.69, 9.17) is 5.11 Å². The van der Waals surface area contributed by atoms with Crippen LogP contribution in [0, 0.1) is 10.1 Å². The number of benzene rings is 1. The third-order valence-corrected chi connectivity index (χ3v) is 1.63. The fourth-order valence-corrected chi connectivity index (χ4v) is 0.917. The molecule has 0 radical (unpaired) electrons. The maximum atomic E-state index is 10.3. The van der Waals surface area contributed by atoms with E-state index in [9.17, 15) is 10.1 Å². The summed E-state index contributed by atoms with van der Waals surface area (Å²) in [5.74, 6) is 0. The average molecular weight is 209 g/mol. The number of nitro groups is 1. The Morgan fingerprint density at radius 3 is 2.67 bits per heavy atom. The number of nitrogens with zero attached hydrogens (tertiary/aromatic N) is 2. The zero-order valence-electron chi connectivity index (χ0n) is 7.96. The minimum atomic E-state index is -0.453. The van der Waals surface area contributed by atoms with Crippen molar-refractivity contribution in [1.82, 2.24) is 5.43 Å². The molecule has 80 valence electrons. The van der Waals surface area contributed by atoms with Gasteiger partial charge >= 0.3 is 0 Å². The summed E-state index contributed by atoms with van der Waals surface area (Å²) in [6, 6.07) is 6.02. The molecule has 2 N–H and O–H groups in total. The van der Waals surface area contributed by atoms with Crippen LogP contribution in [0.25, 0.3) is 0 Å². The molecule has 0 aromatic heterocycles. The van der Waals surface area contributed by atoms with Gasteiger partial charge < -0.3 is 10.5 Å². The van der Waals surface area contributed by atoms with Crippen molar-refractivity contribution in [2.45, 2.75) is 0 Å². The third-order valence-electron chi connectivity index (χ3n) is 1.63. The minimum Gasteiger partial charge on any atom is -0.394 e. The van der Waals surface area contributed by atoms with Gasteiger partial charge in [0.05, 0.1) is 24.3 Å². The number of non-ortho nitro benzene ring substituents is 1. The van der Waals surface area contributed by atoms with Gasteiger partial charge in [0.25, 0.3) is 5.69 Å². The van der Waals surface area contributed by atoms with Crippen molar-refractivity contribution in [1.29, 1.82) is 0 Å². The Morgan fingerprint density at radius 1 is 1.47 bits per heavy atom. The molecule has 1 aromatic rings. The molecule has 1 rings (SSSR count). The molecule has 6 nitrogen and oxygen atoms in total. The van der Waals surface area contributed by atoms with Gasteiger partial charge in [0.15, 0.2) is 0 Å². The molecular weight excluding hydrogens is 198 g/mol. The van der Waals surface area contributed by atoms with E-state index in [2.05, 4.69) is 10.5 Å². The number of aliphatic hydroxyl groups is 1. The molecule has 6 heteroatoms. The van der Waals surface area contributed by atoms with Crippen LogP contribution >= 0.6 is 0 Å². The van der Waals surface area contributed by atoms with E-state index in [1.807, 2.05) is 0 Å². The van der Waals surface area contributed by atoms with Gasteiger partial charge in [0.2, 0.25) is 0 Å². The summed E-state index contributed by atoms with van der Waals surface area (Å²) in [5.41, 5.74) is 3.41. The van der Waals surface area contributed by atoms with Gasteiger partial charge in [-0.05, 0) is 17.7 Å². The SMILES string of the molecule is O=[N+]([O-])c1ccc(C=NNCCO)cc1. The molecule has 0 aliphatic rings. The number of nitro benzene ring substituents is 1. The summed E-state index contributed by atoms with van der Waals surface area (Å²) in [6.07, 6.45) is 1.53. The Labute approximate surface area is 86.4 Å². The zero-order valence-corrected chi connectivity index (χ0v) is 7.96. The highest BCUT2D eigenvalue weighted by Crippen LogP contribution is 2.10. The van der Waals surface area contributed by atoms with Gasteiger partial charge in [0, 0.05) is 12.1 Å². The van der Waals surface area contributed by atoms with Crippen LogP contribution in [0.4, 0.5) is 5.69 Å². The van der Waals surface area contributed by atoms with Gasteiger partial charge in [-0.15, -0.1) is 0 Å². The second kappa shape index (κ2) is 5.71. The summed E-state index contributed by atoms with van der Waals surface area (Å²) in [6.45, 7) is 0.390. The summed E-state index contributed by atoms with van der Waals surface area (Å²) >= 11 is 0. The summed E-state index contributed by atoms with van der Waals surface area (Å²) < 4.78 is 0. The van der Waals surface area contributed by atoms with E-state index in [0.717, 1.165) is 5.56 Å². The van der Waals surface area contributed by atoms with Crippen molar-refractivity contribution < 1.29 is 10.0 Å². The molecule has 0 heterocycles. The lowest BCUT2D eigenvalue weighted by Crippen LogP contribution is -2.11. The highest BCUT2D eigenvalue weighted by molar-refractivity contribution is 5.79. The maximum absolute atomic E-state index is 10.3. The topological polar surface area (TPSA) is 87.8 Å².